The van der Waals surface area contributed by atoms with Crippen molar-refractivity contribution in [2.75, 3.05) is 0 Å². The van der Waals surface area contributed by atoms with Gasteiger partial charge in [0.1, 0.15) is 17.2 Å². The second kappa shape index (κ2) is 7.04. The molecule has 132 valence electrons. The molecule has 0 saturated carbocycles. The zero-order chi connectivity index (χ0) is 18.7. The summed E-state index contributed by atoms with van der Waals surface area (Å²) in [6, 6.07) is 21.3. The fourth-order valence-electron chi connectivity index (χ4n) is 2.61. The number of ketones is 1. The second-order valence-electron chi connectivity index (χ2n) is 7.28. The Labute approximate surface area is 153 Å². The lowest BCUT2D eigenvalue weighted by Gasteiger charge is -2.19. The van der Waals surface area contributed by atoms with E-state index in [4.69, 9.17) is 4.74 Å². The minimum absolute atomic E-state index is 0.0916. The van der Waals surface area contributed by atoms with E-state index in [1.54, 1.807) is 36.4 Å². The van der Waals surface area contributed by atoms with Crippen LogP contribution in [0.25, 0.3) is 0 Å². The summed E-state index contributed by atoms with van der Waals surface area (Å²) in [7, 11) is 0. The summed E-state index contributed by atoms with van der Waals surface area (Å²) in [5.41, 5.74) is 2.47. The largest absolute Gasteiger partial charge is 0.508 e. The van der Waals surface area contributed by atoms with Gasteiger partial charge in [-0.2, -0.15) is 0 Å². The topological polar surface area (TPSA) is 46.5 Å². The zero-order valence-electron chi connectivity index (χ0n) is 15.2. The van der Waals surface area contributed by atoms with Crippen LogP contribution in [-0.4, -0.2) is 10.9 Å². The number of phenols is 1. The molecule has 0 unspecified atom stereocenters. The molecule has 0 atom stereocenters. The smallest absolute Gasteiger partial charge is 0.193 e. The fourth-order valence-corrected chi connectivity index (χ4v) is 2.61. The fraction of sp³-hybridized carbons (Fsp3) is 0.174. The van der Waals surface area contributed by atoms with Gasteiger partial charge >= 0.3 is 0 Å². The van der Waals surface area contributed by atoms with E-state index in [-0.39, 0.29) is 16.9 Å². The highest BCUT2D eigenvalue weighted by molar-refractivity contribution is 6.09. The Morgan fingerprint density at radius 3 is 1.62 bits per heavy atom. The number of ether oxygens (including phenoxy) is 1. The maximum absolute atomic E-state index is 12.4. The van der Waals surface area contributed by atoms with Gasteiger partial charge in [-0.05, 0) is 71.6 Å². The average molecular weight is 346 g/mol. The molecule has 3 rings (SSSR count). The highest BCUT2D eigenvalue weighted by Gasteiger charge is 2.13. The first-order valence-electron chi connectivity index (χ1n) is 8.55. The van der Waals surface area contributed by atoms with Crippen LogP contribution < -0.4 is 4.74 Å². The quantitative estimate of drug-likeness (QED) is 0.615. The lowest BCUT2D eigenvalue weighted by atomic mass is 9.87. The van der Waals surface area contributed by atoms with Crippen LogP contribution in [0.3, 0.4) is 0 Å². The Bertz CT molecular complexity index is 884. The third-order valence-electron chi connectivity index (χ3n) is 4.20. The van der Waals surface area contributed by atoms with Crippen molar-refractivity contribution >= 4 is 5.78 Å². The van der Waals surface area contributed by atoms with Gasteiger partial charge in [0.15, 0.2) is 5.78 Å². The molecular weight excluding hydrogens is 324 g/mol. The van der Waals surface area contributed by atoms with Crippen LogP contribution in [0.2, 0.25) is 0 Å². The van der Waals surface area contributed by atoms with Gasteiger partial charge in [0.25, 0.3) is 0 Å². The molecule has 3 aromatic carbocycles. The summed E-state index contributed by atoms with van der Waals surface area (Å²) >= 11 is 0. The molecule has 1 N–H and O–H groups in total. The molecule has 0 fully saturated rings. The second-order valence-corrected chi connectivity index (χ2v) is 7.28. The minimum atomic E-state index is -0.0916. The number of carbonyl (C=O) groups excluding carboxylic acids is 1. The number of rotatable bonds is 4. The Hall–Kier alpha value is -3.07. The van der Waals surface area contributed by atoms with E-state index in [0.29, 0.717) is 16.9 Å². The van der Waals surface area contributed by atoms with Crippen LogP contribution in [0.15, 0.2) is 72.8 Å². The van der Waals surface area contributed by atoms with E-state index in [9.17, 15) is 9.90 Å². The van der Waals surface area contributed by atoms with Crippen LogP contribution in [0.5, 0.6) is 17.2 Å². The van der Waals surface area contributed by atoms with Crippen LogP contribution in [0.1, 0.15) is 42.3 Å². The van der Waals surface area contributed by atoms with E-state index < -0.39 is 0 Å². The number of phenolic OH excluding ortho intramolecular Hbond substituents is 1. The van der Waals surface area contributed by atoms with Gasteiger partial charge in [0.2, 0.25) is 0 Å². The molecule has 0 bridgehead atoms. The van der Waals surface area contributed by atoms with E-state index in [0.717, 1.165) is 5.75 Å². The number of hydrogen-bond acceptors (Lipinski definition) is 3. The van der Waals surface area contributed by atoms with Crippen molar-refractivity contribution in [3.8, 4) is 17.2 Å². The van der Waals surface area contributed by atoms with Crippen molar-refractivity contribution in [3.63, 3.8) is 0 Å². The highest BCUT2D eigenvalue weighted by atomic mass is 16.5. The number of hydrogen-bond donors (Lipinski definition) is 1. The summed E-state index contributed by atoms with van der Waals surface area (Å²) in [6.07, 6.45) is 0. The van der Waals surface area contributed by atoms with Crippen molar-refractivity contribution in [1.82, 2.24) is 0 Å². The van der Waals surface area contributed by atoms with Gasteiger partial charge in [-0.1, -0.05) is 32.9 Å². The molecule has 0 amide bonds. The monoisotopic (exact) mass is 346 g/mol. The van der Waals surface area contributed by atoms with Crippen molar-refractivity contribution in [3.05, 3.63) is 89.5 Å². The maximum Gasteiger partial charge on any atom is 0.193 e. The summed E-state index contributed by atoms with van der Waals surface area (Å²) in [4.78, 5) is 12.4. The van der Waals surface area contributed by atoms with Crippen LogP contribution in [0.4, 0.5) is 0 Å². The number of aromatic hydroxyl groups is 1. The normalized spacial score (nSPS) is 11.2. The van der Waals surface area contributed by atoms with Crippen molar-refractivity contribution in [1.29, 1.82) is 0 Å². The molecule has 0 radical (unpaired) electrons. The molecule has 0 aliphatic heterocycles. The number of carbonyl (C=O) groups is 1. The van der Waals surface area contributed by atoms with Crippen molar-refractivity contribution < 1.29 is 14.6 Å². The maximum atomic E-state index is 12.4. The zero-order valence-corrected chi connectivity index (χ0v) is 15.2. The van der Waals surface area contributed by atoms with Gasteiger partial charge in [-0.25, -0.2) is 0 Å². The van der Waals surface area contributed by atoms with Gasteiger partial charge in [-0.3, -0.25) is 4.79 Å². The third kappa shape index (κ3) is 4.12. The molecule has 0 aliphatic carbocycles. The molecule has 0 heterocycles. The first-order chi connectivity index (χ1) is 12.3. The molecule has 3 nitrogen and oxygen atoms in total. The van der Waals surface area contributed by atoms with Gasteiger partial charge in [-0.15, -0.1) is 0 Å². The first kappa shape index (κ1) is 17.7. The van der Waals surface area contributed by atoms with Crippen LogP contribution in [-0.2, 0) is 5.41 Å². The molecule has 3 aromatic rings. The predicted octanol–water partition coefficient (Wildman–Crippen LogP) is 5.71. The molecule has 0 aliphatic rings. The van der Waals surface area contributed by atoms with Crippen molar-refractivity contribution in [2.24, 2.45) is 0 Å². The van der Waals surface area contributed by atoms with Crippen molar-refractivity contribution in [2.45, 2.75) is 26.2 Å². The third-order valence-corrected chi connectivity index (χ3v) is 4.20. The molecule has 0 spiro atoms. The predicted molar refractivity (Wildman–Crippen MR) is 103 cm³/mol. The molecule has 0 aromatic heterocycles. The van der Waals surface area contributed by atoms with E-state index in [1.165, 1.54) is 17.7 Å². The number of benzene rings is 3. The SMILES string of the molecule is CC(C)(C)c1ccc(Oc2ccc(C(=O)c3ccc(O)cc3)cc2)cc1. The van der Waals surface area contributed by atoms with Crippen LogP contribution in [0, 0.1) is 0 Å². The van der Waals surface area contributed by atoms with Gasteiger partial charge < -0.3 is 9.84 Å². The summed E-state index contributed by atoms with van der Waals surface area (Å²) < 4.78 is 5.86. The van der Waals surface area contributed by atoms with Crippen LogP contribution >= 0.6 is 0 Å². The van der Waals surface area contributed by atoms with Gasteiger partial charge in [0, 0.05) is 11.1 Å². The Morgan fingerprint density at radius 1 is 0.731 bits per heavy atom. The lowest BCUT2D eigenvalue weighted by Crippen LogP contribution is -2.10. The molecule has 26 heavy (non-hydrogen) atoms. The van der Waals surface area contributed by atoms with E-state index >= 15 is 0 Å². The Morgan fingerprint density at radius 2 is 1.15 bits per heavy atom. The van der Waals surface area contributed by atoms with E-state index in [2.05, 4.69) is 32.9 Å². The average Bonchev–Trinajstić information content (AvgIpc) is 2.62. The summed E-state index contributed by atoms with van der Waals surface area (Å²) in [5.74, 6) is 1.49. The molecule has 0 saturated heterocycles. The molecule has 3 heteroatoms. The minimum Gasteiger partial charge on any atom is -0.508 e. The Kier molecular flexibility index (Phi) is 4.81. The first-order valence-corrected chi connectivity index (χ1v) is 8.55. The lowest BCUT2D eigenvalue weighted by molar-refractivity contribution is 0.103. The Balaban J connectivity index is 1.71. The standard InChI is InChI=1S/C23H22O3/c1-23(2,3)18-8-14-21(15-9-18)26-20-12-6-17(7-13-20)22(25)16-4-10-19(24)11-5-16/h4-15,24H,1-3H3. The highest BCUT2D eigenvalue weighted by Crippen LogP contribution is 2.27. The molecular formula is C23H22O3. The van der Waals surface area contributed by atoms with E-state index in [1.807, 2.05) is 12.1 Å². The summed E-state index contributed by atoms with van der Waals surface area (Å²) in [6.45, 7) is 6.52. The summed E-state index contributed by atoms with van der Waals surface area (Å²) in [5, 5.41) is 9.32. The van der Waals surface area contributed by atoms with Gasteiger partial charge in [0.05, 0.1) is 0 Å².